The van der Waals surface area contributed by atoms with E-state index >= 15 is 0 Å². The van der Waals surface area contributed by atoms with E-state index in [0.29, 0.717) is 0 Å². The molecule has 21 heavy (non-hydrogen) atoms. The molecule has 5 nitrogen and oxygen atoms in total. The van der Waals surface area contributed by atoms with Gasteiger partial charge in [0.2, 0.25) is 5.91 Å². The lowest BCUT2D eigenvalue weighted by molar-refractivity contribution is -0.127. The predicted molar refractivity (Wildman–Crippen MR) is 81.0 cm³/mol. The van der Waals surface area contributed by atoms with Gasteiger partial charge in [0.1, 0.15) is 5.82 Å². The van der Waals surface area contributed by atoms with E-state index < -0.39 is 0 Å². The molecule has 1 fully saturated rings. The number of rotatable bonds is 2. The third kappa shape index (κ3) is 2.82. The van der Waals surface area contributed by atoms with E-state index in [2.05, 4.69) is 10.2 Å². The van der Waals surface area contributed by atoms with Gasteiger partial charge in [0.05, 0.1) is 0 Å². The van der Waals surface area contributed by atoms with Gasteiger partial charge in [-0.2, -0.15) is 0 Å². The molecule has 5 heteroatoms. The van der Waals surface area contributed by atoms with E-state index in [1.54, 1.807) is 6.08 Å². The van der Waals surface area contributed by atoms with Crippen molar-refractivity contribution in [3.63, 3.8) is 0 Å². The summed E-state index contributed by atoms with van der Waals surface area (Å²) >= 11 is 0. The van der Waals surface area contributed by atoms with Crippen LogP contribution in [0.15, 0.2) is 36.0 Å². The molecule has 3 heterocycles. The second kappa shape index (κ2) is 5.68. The number of amides is 1. The highest BCUT2D eigenvalue weighted by molar-refractivity contribution is 5.88. The van der Waals surface area contributed by atoms with Crippen LogP contribution < -0.4 is 0 Å². The normalized spacial score (nSPS) is 18.8. The number of fused-ring (bicyclic) bond motifs is 1. The number of nitrogens with zero attached hydrogens (tertiary/aromatic N) is 4. The molecule has 0 spiro atoms. The van der Waals surface area contributed by atoms with Crippen LogP contribution in [0.1, 0.15) is 38.4 Å². The zero-order valence-electron chi connectivity index (χ0n) is 12.5. The summed E-state index contributed by atoms with van der Waals surface area (Å²) in [7, 11) is 0. The Balaban J connectivity index is 1.83. The first-order valence-corrected chi connectivity index (χ1v) is 7.38. The predicted octanol–water partition coefficient (Wildman–Crippen LogP) is 2.40. The Morgan fingerprint density at radius 3 is 3.00 bits per heavy atom. The number of hydrogen-bond donors (Lipinski definition) is 0. The van der Waals surface area contributed by atoms with Crippen molar-refractivity contribution in [1.29, 1.82) is 0 Å². The molecule has 2 aromatic heterocycles. The van der Waals surface area contributed by atoms with Gasteiger partial charge in [-0.3, -0.25) is 9.20 Å². The van der Waals surface area contributed by atoms with E-state index in [4.69, 9.17) is 0 Å². The molecule has 1 aliphatic rings. The van der Waals surface area contributed by atoms with Crippen LogP contribution in [0.5, 0.6) is 0 Å². The highest BCUT2D eigenvalue weighted by Gasteiger charge is 2.27. The smallest absolute Gasteiger partial charge is 0.246 e. The van der Waals surface area contributed by atoms with Gasteiger partial charge in [-0.05, 0) is 38.8 Å². The molecule has 1 atom stereocenters. The molecule has 0 bridgehead atoms. The molecule has 1 unspecified atom stereocenters. The SMILES string of the molecule is CC(C)=CC(=O)N1CCCC(c2nnc3ccccn23)C1. The highest BCUT2D eigenvalue weighted by Crippen LogP contribution is 2.26. The summed E-state index contributed by atoms with van der Waals surface area (Å²) in [5.74, 6) is 1.32. The number of aromatic nitrogens is 3. The average molecular weight is 284 g/mol. The first kappa shape index (κ1) is 13.8. The maximum absolute atomic E-state index is 12.2. The first-order valence-electron chi connectivity index (χ1n) is 7.38. The van der Waals surface area contributed by atoms with Crippen LogP contribution in [0, 0.1) is 0 Å². The number of likely N-dealkylation sites (tertiary alicyclic amines) is 1. The second-order valence-corrected chi connectivity index (χ2v) is 5.83. The summed E-state index contributed by atoms with van der Waals surface area (Å²) in [4.78, 5) is 14.1. The molecule has 1 saturated heterocycles. The molecule has 0 radical (unpaired) electrons. The third-order valence-electron chi connectivity index (χ3n) is 3.85. The molecule has 0 saturated carbocycles. The molecule has 3 rings (SSSR count). The summed E-state index contributed by atoms with van der Waals surface area (Å²) in [5, 5.41) is 8.54. The van der Waals surface area contributed by atoms with Crippen LogP contribution in [0.25, 0.3) is 5.65 Å². The van der Waals surface area contributed by atoms with Gasteiger partial charge < -0.3 is 4.90 Å². The monoisotopic (exact) mass is 284 g/mol. The first-order chi connectivity index (χ1) is 10.1. The quantitative estimate of drug-likeness (QED) is 0.796. The van der Waals surface area contributed by atoms with Gasteiger partial charge in [-0.25, -0.2) is 0 Å². The third-order valence-corrected chi connectivity index (χ3v) is 3.85. The number of piperidine rings is 1. The lowest BCUT2D eigenvalue weighted by atomic mass is 9.97. The van der Waals surface area contributed by atoms with Crippen molar-refractivity contribution in [3.05, 3.63) is 41.9 Å². The molecule has 110 valence electrons. The molecular weight excluding hydrogens is 264 g/mol. The minimum absolute atomic E-state index is 0.105. The number of allylic oxidation sites excluding steroid dienone is 1. The maximum atomic E-state index is 12.2. The Hall–Kier alpha value is -2.17. The van der Waals surface area contributed by atoms with Crippen LogP contribution in [0.4, 0.5) is 0 Å². The summed E-state index contributed by atoms with van der Waals surface area (Å²) < 4.78 is 2.03. The fraction of sp³-hybridized carbons (Fsp3) is 0.438. The van der Waals surface area contributed by atoms with Gasteiger partial charge in [0.15, 0.2) is 5.65 Å². The van der Waals surface area contributed by atoms with Crippen LogP contribution in [0.2, 0.25) is 0 Å². The van der Waals surface area contributed by atoms with Crippen molar-refractivity contribution in [2.45, 2.75) is 32.6 Å². The van der Waals surface area contributed by atoms with E-state index in [1.807, 2.05) is 47.5 Å². The van der Waals surface area contributed by atoms with Gasteiger partial charge >= 0.3 is 0 Å². The fourth-order valence-electron chi connectivity index (χ4n) is 2.86. The minimum Gasteiger partial charge on any atom is -0.338 e. The van der Waals surface area contributed by atoms with Crippen LogP contribution in [0.3, 0.4) is 0 Å². The largest absolute Gasteiger partial charge is 0.338 e. The van der Waals surface area contributed by atoms with E-state index in [1.165, 1.54) is 0 Å². The van der Waals surface area contributed by atoms with Gasteiger partial charge in [0, 0.05) is 31.3 Å². The summed E-state index contributed by atoms with van der Waals surface area (Å²) in [6, 6.07) is 5.89. The van der Waals surface area contributed by atoms with Crippen molar-refractivity contribution in [3.8, 4) is 0 Å². The molecule has 1 amide bonds. The highest BCUT2D eigenvalue weighted by atomic mass is 16.2. The van der Waals surface area contributed by atoms with Crippen molar-refractivity contribution < 1.29 is 4.79 Å². The zero-order chi connectivity index (χ0) is 14.8. The molecule has 2 aromatic rings. The van der Waals surface area contributed by atoms with Crippen LogP contribution >= 0.6 is 0 Å². The number of pyridine rings is 1. The van der Waals surface area contributed by atoms with Crippen molar-refractivity contribution in [2.24, 2.45) is 0 Å². The molecule has 1 aliphatic heterocycles. The average Bonchev–Trinajstić information content (AvgIpc) is 2.90. The molecule has 0 aromatic carbocycles. The van der Waals surface area contributed by atoms with Gasteiger partial charge in [-0.1, -0.05) is 11.6 Å². The Labute approximate surface area is 124 Å². The number of carbonyl (C=O) groups is 1. The summed E-state index contributed by atoms with van der Waals surface area (Å²) in [6.07, 6.45) is 5.76. The number of carbonyl (C=O) groups excluding carboxylic acids is 1. The Morgan fingerprint density at radius 1 is 1.33 bits per heavy atom. The van der Waals surface area contributed by atoms with Crippen molar-refractivity contribution in [2.75, 3.05) is 13.1 Å². The van der Waals surface area contributed by atoms with Gasteiger partial charge in [0.25, 0.3) is 0 Å². The summed E-state index contributed by atoms with van der Waals surface area (Å²) in [5.41, 5.74) is 1.90. The van der Waals surface area contributed by atoms with Crippen LogP contribution in [-0.4, -0.2) is 38.5 Å². The minimum atomic E-state index is 0.105. The Kier molecular flexibility index (Phi) is 3.73. The number of hydrogen-bond acceptors (Lipinski definition) is 3. The molecule has 0 N–H and O–H groups in total. The van der Waals surface area contributed by atoms with Crippen LogP contribution in [-0.2, 0) is 4.79 Å². The lowest BCUT2D eigenvalue weighted by Crippen LogP contribution is -2.38. The van der Waals surface area contributed by atoms with Crippen molar-refractivity contribution in [1.82, 2.24) is 19.5 Å². The zero-order valence-corrected chi connectivity index (χ0v) is 12.5. The van der Waals surface area contributed by atoms with Gasteiger partial charge in [-0.15, -0.1) is 10.2 Å². The van der Waals surface area contributed by atoms with Crippen molar-refractivity contribution >= 4 is 11.6 Å². The maximum Gasteiger partial charge on any atom is 0.246 e. The topological polar surface area (TPSA) is 50.5 Å². The second-order valence-electron chi connectivity index (χ2n) is 5.83. The van der Waals surface area contributed by atoms with E-state index in [-0.39, 0.29) is 11.8 Å². The Bertz CT molecular complexity index is 684. The van der Waals surface area contributed by atoms with E-state index in [0.717, 1.165) is 43.0 Å². The summed E-state index contributed by atoms with van der Waals surface area (Å²) in [6.45, 7) is 5.45. The van der Waals surface area contributed by atoms with E-state index in [9.17, 15) is 4.79 Å². The molecular formula is C16H20N4O. The fourth-order valence-corrected chi connectivity index (χ4v) is 2.86. The molecule has 0 aliphatic carbocycles. The lowest BCUT2D eigenvalue weighted by Gasteiger charge is -2.31. The standard InChI is InChI=1S/C16H20N4O/c1-12(2)10-15(21)19-8-5-6-13(11-19)16-18-17-14-7-3-4-9-20(14)16/h3-4,7,9-10,13H,5-6,8,11H2,1-2H3. The Morgan fingerprint density at radius 2 is 2.19 bits per heavy atom.